The topological polar surface area (TPSA) is 58.9 Å². The molecule has 0 radical (unpaired) electrons. The highest BCUT2D eigenvalue weighted by atomic mass is 35.5. The van der Waals surface area contributed by atoms with Gasteiger partial charge in [-0.3, -0.25) is 0 Å². The third kappa shape index (κ3) is 5.08. The number of hydrogen-bond acceptors (Lipinski definition) is 4. The van der Waals surface area contributed by atoms with E-state index < -0.39 is 0 Å². The summed E-state index contributed by atoms with van der Waals surface area (Å²) >= 11 is 6.25. The summed E-state index contributed by atoms with van der Waals surface area (Å²) in [6.45, 7) is 14.5. The number of phenolic OH excluding ortho intramolecular Hbond substituents is 1. The number of halogens is 1. The van der Waals surface area contributed by atoms with Crippen molar-refractivity contribution in [3.63, 3.8) is 0 Å². The minimum atomic E-state index is -0.277. The number of aryl methyl sites for hydroxylation is 4. The van der Waals surface area contributed by atoms with Gasteiger partial charge in [0.2, 0.25) is 0 Å². The van der Waals surface area contributed by atoms with Crippen molar-refractivity contribution < 1.29 is 5.11 Å². The van der Waals surface area contributed by atoms with Gasteiger partial charge in [0.1, 0.15) is 5.75 Å². The number of benzene rings is 3. The van der Waals surface area contributed by atoms with Gasteiger partial charge in [-0.15, -0.1) is 11.6 Å². The number of rotatable bonds is 4. The van der Waals surface area contributed by atoms with Crippen LogP contribution in [-0.4, -0.2) is 20.1 Å². The van der Waals surface area contributed by atoms with E-state index in [1.807, 2.05) is 24.3 Å². The molecule has 4 nitrogen and oxygen atoms in total. The van der Waals surface area contributed by atoms with Crippen molar-refractivity contribution in [1.29, 1.82) is 0 Å². The highest BCUT2D eigenvalue weighted by Gasteiger charge is 2.24. The molecule has 3 aromatic carbocycles. The summed E-state index contributed by atoms with van der Waals surface area (Å²) in [6.07, 6.45) is 0. The highest BCUT2D eigenvalue weighted by Crippen LogP contribution is 2.40. The third-order valence-electron chi connectivity index (χ3n) is 6.25. The summed E-state index contributed by atoms with van der Waals surface area (Å²) in [5, 5.41) is 11.4. The molecule has 1 heterocycles. The fourth-order valence-corrected chi connectivity index (χ4v) is 4.53. The predicted octanol–water partition coefficient (Wildman–Crippen LogP) is 7.85. The average Bonchev–Trinajstić information content (AvgIpc) is 2.78. The molecule has 0 aliphatic rings. The fraction of sp³-hybridized carbons (Fsp3) is 0.300. The minimum absolute atomic E-state index is 0.177. The van der Waals surface area contributed by atoms with Crippen LogP contribution in [0.4, 0.5) is 0 Å². The van der Waals surface area contributed by atoms with Gasteiger partial charge in [-0.25, -0.2) is 15.0 Å². The van der Waals surface area contributed by atoms with Crippen LogP contribution < -0.4 is 0 Å². The van der Waals surface area contributed by atoms with Gasteiger partial charge < -0.3 is 5.11 Å². The first kappa shape index (κ1) is 24.9. The van der Waals surface area contributed by atoms with Crippen molar-refractivity contribution >= 4 is 11.6 Å². The number of nitrogens with zero attached hydrogens (tertiary/aromatic N) is 3. The van der Waals surface area contributed by atoms with Gasteiger partial charge in [-0.05, 0) is 55.9 Å². The predicted molar refractivity (Wildman–Crippen MR) is 145 cm³/mol. The molecule has 0 aliphatic heterocycles. The summed E-state index contributed by atoms with van der Waals surface area (Å²) in [6, 6.07) is 16.3. The lowest BCUT2D eigenvalue weighted by Gasteiger charge is -2.23. The van der Waals surface area contributed by atoms with E-state index in [4.69, 9.17) is 26.6 Å². The van der Waals surface area contributed by atoms with Gasteiger partial charge in [0.05, 0.1) is 5.56 Å². The monoisotopic (exact) mass is 485 g/mol. The van der Waals surface area contributed by atoms with Gasteiger partial charge in [0.15, 0.2) is 17.5 Å². The summed E-state index contributed by atoms with van der Waals surface area (Å²) in [5.41, 5.74) is 8.41. The van der Waals surface area contributed by atoms with Crippen molar-refractivity contribution in [2.45, 2.75) is 59.8 Å². The zero-order valence-corrected chi connectivity index (χ0v) is 22.2. The standard InChI is InChI=1S/C30H32ClN3O/c1-17-8-10-22(19(3)12-17)27-32-28(23-11-9-18(2)13-20(23)4)34-29(33-27)24-14-21(16-31)15-25(26(24)35)30(5,6)7/h8-15,35H,16H2,1-7H3. The number of aromatic hydroxyl groups is 1. The molecular formula is C30H32ClN3O. The first-order chi connectivity index (χ1) is 16.5. The number of phenols is 1. The largest absolute Gasteiger partial charge is 0.507 e. The quantitative estimate of drug-likeness (QED) is 0.299. The van der Waals surface area contributed by atoms with Gasteiger partial charge in [-0.2, -0.15) is 0 Å². The van der Waals surface area contributed by atoms with E-state index in [9.17, 15) is 5.11 Å². The molecule has 0 unspecified atom stereocenters. The van der Waals surface area contributed by atoms with Crippen LogP contribution in [0, 0.1) is 27.7 Å². The van der Waals surface area contributed by atoms with Crippen molar-refractivity contribution in [1.82, 2.24) is 15.0 Å². The molecule has 1 N–H and O–H groups in total. The van der Waals surface area contributed by atoms with E-state index in [-0.39, 0.29) is 11.2 Å². The van der Waals surface area contributed by atoms with Gasteiger partial charge in [-0.1, -0.05) is 74.4 Å². The smallest absolute Gasteiger partial charge is 0.167 e. The molecule has 0 amide bonds. The lowest BCUT2D eigenvalue weighted by atomic mass is 9.84. The number of aromatic nitrogens is 3. The molecule has 35 heavy (non-hydrogen) atoms. The van der Waals surface area contributed by atoms with Gasteiger partial charge >= 0.3 is 0 Å². The summed E-state index contributed by atoms with van der Waals surface area (Å²) < 4.78 is 0. The summed E-state index contributed by atoms with van der Waals surface area (Å²) in [7, 11) is 0. The van der Waals surface area contributed by atoms with Crippen LogP contribution in [0.25, 0.3) is 34.2 Å². The van der Waals surface area contributed by atoms with Crippen LogP contribution in [0.5, 0.6) is 5.75 Å². The van der Waals surface area contributed by atoms with Gasteiger partial charge in [0, 0.05) is 22.6 Å². The van der Waals surface area contributed by atoms with Crippen LogP contribution >= 0.6 is 11.6 Å². The first-order valence-corrected chi connectivity index (χ1v) is 12.4. The lowest BCUT2D eigenvalue weighted by molar-refractivity contribution is 0.448. The van der Waals surface area contributed by atoms with Crippen LogP contribution in [-0.2, 0) is 11.3 Å². The molecule has 0 fully saturated rings. The third-order valence-corrected chi connectivity index (χ3v) is 6.56. The second-order valence-corrected chi connectivity index (χ2v) is 10.6. The van der Waals surface area contributed by atoms with E-state index in [2.05, 4.69) is 72.7 Å². The number of hydrogen-bond donors (Lipinski definition) is 1. The lowest BCUT2D eigenvalue weighted by Crippen LogP contribution is -2.13. The maximum atomic E-state index is 11.4. The molecule has 0 spiro atoms. The highest BCUT2D eigenvalue weighted by molar-refractivity contribution is 6.17. The molecule has 0 bridgehead atoms. The van der Waals surface area contributed by atoms with Crippen LogP contribution in [0.2, 0.25) is 0 Å². The van der Waals surface area contributed by atoms with Crippen molar-refractivity contribution in [3.05, 3.63) is 81.9 Å². The normalized spacial score (nSPS) is 11.7. The average molecular weight is 486 g/mol. The van der Waals surface area contributed by atoms with Crippen LogP contribution in [0.15, 0.2) is 48.5 Å². The second kappa shape index (κ2) is 9.43. The molecule has 0 saturated carbocycles. The Balaban J connectivity index is 2.04. The molecule has 0 saturated heterocycles. The Labute approximate surface area is 213 Å². The van der Waals surface area contributed by atoms with Crippen LogP contribution in [0.1, 0.15) is 54.2 Å². The van der Waals surface area contributed by atoms with E-state index in [0.29, 0.717) is 28.9 Å². The Bertz CT molecular complexity index is 1350. The molecular weight excluding hydrogens is 454 g/mol. The van der Waals surface area contributed by atoms with Crippen molar-refractivity contribution in [2.75, 3.05) is 0 Å². The number of alkyl halides is 1. The SMILES string of the molecule is Cc1ccc(-c2nc(-c3ccc(C)cc3C)nc(-c3cc(CCl)cc(C(C)(C)C)c3O)n2)c(C)c1. The fourth-order valence-electron chi connectivity index (χ4n) is 4.38. The zero-order valence-electron chi connectivity index (χ0n) is 21.5. The zero-order chi connectivity index (χ0) is 25.5. The Hall–Kier alpha value is -3.24. The van der Waals surface area contributed by atoms with E-state index in [1.165, 1.54) is 11.1 Å². The maximum Gasteiger partial charge on any atom is 0.167 e. The maximum absolute atomic E-state index is 11.4. The Kier molecular flexibility index (Phi) is 6.70. The first-order valence-electron chi connectivity index (χ1n) is 11.8. The molecule has 0 aliphatic carbocycles. The van der Waals surface area contributed by atoms with E-state index >= 15 is 0 Å². The van der Waals surface area contributed by atoms with Crippen molar-refractivity contribution in [3.8, 4) is 39.9 Å². The molecule has 0 atom stereocenters. The molecule has 5 heteroatoms. The van der Waals surface area contributed by atoms with Gasteiger partial charge in [0.25, 0.3) is 0 Å². The summed E-state index contributed by atoms with van der Waals surface area (Å²) in [5.74, 6) is 2.09. The van der Waals surface area contributed by atoms with Crippen LogP contribution in [0.3, 0.4) is 0 Å². The molecule has 180 valence electrons. The Morgan fingerprint density at radius 1 is 0.686 bits per heavy atom. The van der Waals surface area contributed by atoms with Crippen molar-refractivity contribution in [2.24, 2.45) is 0 Å². The second-order valence-electron chi connectivity index (χ2n) is 10.4. The minimum Gasteiger partial charge on any atom is -0.507 e. The molecule has 1 aromatic heterocycles. The van der Waals surface area contributed by atoms with E-state index in [1.54, 1.807) is 0 Å². The Morgan fingerprint density at radius 2 is 1.14 bits per heavy atom. The molecule has 4 aromatic rings. The summed E-state index contributed by atoms with van der Waals surface area (Å²) in [4.78, 5) is 14.6. The van der Waals surface area contributed by atoms with E-state index in [0.717, 1.165) is 33.4 Å². The molecule has 4 rings (SSSR count). The Morgan fingerprint density at radius 3 is 1.54 bits per heavy atom.